The van der Waals surface area contributed by atoms with Gasteiger partial charge in [-0.1, -0.05) is 36.4 Å². The van der Waals surface area contributed by atoms with Gasteiger partial charge in [0.2, 0.25) is 0 Å². The van der Waals surface area contributed by atoms with Gasteiger partial charge in [0.05, 0.1) is 21.3 Å². The van der Waals surface area contributed by atoms with Crippen LogP contribution >= 0.6 is 0 Å². The van der Waals surface area contributed by atoms with Gasteiger partial charge in [-0.15, -0.1) is 0 Å². The second kappa shape index (κ2) is 9.47. The Morgan fingerprint density at radius 2 is 1.62 bits per heavy atom. The number of para-hydroxylation sites is 1. The number of alkyl carbamates (subject to hydrolysis) is 1. The highest BCUT2D eigenvalue weighted by atomic mass is 16.5. The molecule has 0 unspecified atom stereocenters. The quantitative estimate of drug-likeness (QED) is 0.380. The van der Waals surface area contributed by atoms with E-state index in [-0.39, 0.29) is 0 Å². The lowest BCUT2D eigenvalue weighted by Gasteiger charge is -2.17. The fourth-order valence-electron chi connectivity index (χ4n) is 3.86. The molecule has 0 aliphatic rings. The summed E-state index contributed by atoms with van der Waals surface area (Å²) < 4.78 is 22.1. The molecule has 0 aliphatic heterocycles. The third-order valence-corrected chi connectivity index (χ3v) is 5.35. The summed E-state index contributed by atoms with van der Waals surface area (Å²) in [5.41, 5.74) is 1.03. The number of nitrogens with one attached hydrogen (secondary N) is 1. The van der Waals surface area contributed by atoms with Gasteiger partial charge in [-0.2, -0.15) is 0 Å². The minimum atomic E-state index is -0.456. The molecule has 0 saturated carbocycles. The van der Waals surface area contributed by atoms with Gasteiger partial charge in [0, 0.05) is 11.9 Å². The lowest BCUT2D eigenvalue weighted by Crippen LogP contribution is -2.25. The minimum Gasteiger partial charge on any atom is -0.493 e. The van der Waals surface area contributed by atoms with Crippen molar-refractivity contribution in [3.63, 3.8) is 0 Å². The molecule has 0 atom stereocenters. The zero-order valence-electron chi connectivity index (χ0n) is 18.3. The van der Waals surface area contributed by atoms with Crippen LogP contribution in [-0.2, 0) is 11.2 Å². The minimum absolute atomic E-state index is 0.437. The molecular weight excluding hydrogens is 406 g/mol. The van der Waals surface area contributed by atoms with Crippen molar-refractivity contribution in [2.75, 3.05) is 27.9 Å². The van der Waals surface area contributed by atoms with Crippen LogP contribution in [0.1, 0.15) is 5.56 Å². The Kier molecular flexibility index (Phi) is 6.31. The van der Waals surface area contributed by atoms with E-state index >= 15 is 0 Å². The Balaban J connectivity index is 1.85. The molecule has 0 radical (unpaired) electrons. The summed E-state index contributed by atoms with van der Waals surface area (Å²) in [4.78, 5) is 11.5. The first kappa shape index (κ1) is 21.3. The maximum absolute atomic E-state index is 11.5. The van der Waals surface area contributed by atoms with Crippen LogP contribution in [0.3, 0.4) is 0 Å². The topological polar surface area (TPSA) is 66.0 Å². The van der Waals surface area contributed by atoms with Crippen LogP contribution in [-0.4, -0.2) is 34.0 Å². The molecule has 1 N–H and O–H groups in total. The van der Waals surface area contributed by atoms with Crippen LogP contribution in [0.4, 0.5) is 4.79 Å². The lowest BCUT2D eigenvalue weighted by atomic mass is 9.95. The molecule has 0 saturated heterocycles. The standard InChI is InChI=1S/C26H25NO5/c1-29-23-15-18(13-14-27-26(28)31-3)21-12-10-17-9-11-20(32-19-7-5-4-6-8-19)16-22(17)24(21)25(23)30-2/h4-12,15-16H,13-14H2,1-3H3,(H,27,28). The molecule has 4 aromatic carbocycles. The van der Waals surface area contributed by atoms with E-state index < -0.39 is 6.09 Å². The van der Waals surface area contributed by atoms with Crippen molar-refractivity contribution >= 4 is 27.6 Å². The molecule has 0 fully saturated rings. The van der Waals surface area contributed by atoms with Crippen molar-refractivity contribution in [3.05, 3.63) is 72.3 Å². The highest BCUT2D eigenvalue weighted by molar-refractivity contribution is 6.13. The van der Waals surface area contributed by atoms with Gasteiger partial charge >= 0.3 is 6.09 Å². The van der Waals surface area contributed by atoms with Gasteiger partial charge in [-0.25, -0.2) is 4.79 Å². The first-order chi connectivity index (χ1) is 15.6. The number of benzene rings is 4. The number of rotatable bonds is 7. The number of fused-ring (bicyclic) bond motifs is 3. The summed E-state index contributed by atoms with van der Waals surface area (Å²) in [6.07, 6.45) is 0.153. The number of carbonyl (C=O) groups excluding carboxylic acids is 1. The molecule has 0 bridgehead atoms. The number of methoxy groups -OCH3 is 3. The summed E-state index contributed by atoms with van der Waals surface area (Å²) >= 11 is 0. The Labute approximate surface area is 186 Å². The fourth-order valence-corrected chi connectivity index (χ4v) is 3.86. The predicted molar refractivity (Wildman–Crippen MR) is 125 cm³/mol. The number of carbonyl (C=O) groups is 1. The van der Waals surface area contributed by atoms with E-state index in [1.165, 1.54) is 7.11 Å². The number of ether oxygens (including phenoxy) is 4. The summed E-state index contributed by atoms with van der Waals surface area (Å²) in [6.45, 7) is 0.437. The summed E-state index contributed by atoms with van der Waals surface area (Å²) in [5.74, 6) is 2.80. The molecular formula is C26H25NO5. The van der Waals surface area contributed by atoms with Crippen LogP contribution in [0.15, 0.2) is 66.7 Å². The molecule has 6 heteroatoms. The van der Waals surface area contributed by atoms with Crippen LogP contribution in [0.2, 0.25) is 0 Å². The van der Waals surface area contributed by atoms with Gasteiger partial charge in [-0.05, 0) is 58.5 Å². The summed E-state index contributed by atoms with van der Waals surface area (Å²) in [5, 5.41) is 6.75. The van der Waals surface area contributed by atoms with Gasteiger partial charge in [0.25, 0.3) is 0 Å². The number of hydrogen-bond donors (Lipinski definition) is 1. The zero-order valence-corrected chi connectivity index (χ0v) is 18.3. The van der Waals surface area contributed by atoms with Crippen molar-refractivity contribution in [2.45, 2.75) is 6.42 Å². The average molecular weight is 431 g/mol. The Morgan fingerprint density at radius 3 is 2.34 bits per heavy atom. The molecule has 4 rings (SSSR count). The van der Waals surface area contributed by atoms with Crippen LogP contribution in [0, 0.1) is 0 Å². The third kappa shape index (κ3) is 4.25. The Bertz CT molecular complexity index is 1250. The van der Waals surface area contributed by atoms with Gasteiger partial charge in [-0.3, -0.25) is 0 Å². The summed E-state index contributed by atoms with van der Waals surface area (Å²) in [7, 11) is 4.61. The molecule has 4 aromatic rings. The van der Waals surface area contributed by atoms with Crippen LogP contribution < -0.4 is 19.5 Å². The van der Waals surface area contributed by atoms with Crippen LogP contribution in [0.25, 0.3) is 21.5 Å². The fraction of sp³-hybridized carbons (Fsp3) is 0.192. The van der Waals surface area contributed by atoms with E-state index in [1.807, 2.05) is 54.6 Å². The second-order valence-corrected chi connectivity index (χ2v) is 7.23. The average Bonchev–Trinajstić information content (AvgIpc) is 2.83. The lowest BCUT2D eigenvalue weighted by molar-refractivity contribution is 0.171. The smallest absolute Gasteiger partial charge is 0.406 e. The maximum Gasteiger partial charge on any atom is 0.406 e. The number of amides is 1. The molecule has 6 nitrogen and oxygen atoms in total. The van der Waals surface area contributed by atoms with Gasteiger partial charge < -0.3 is 24.3 Å². The normalized spacial score (nSPS) is 10.7. The maximum atomic E-state index is 11.5. The van der Waals surface area contributed by atoms with E-state index in [1.54, 1.807) is 14.2 Å². The SMILES string of the molecule is COC(=O)NCCc1cc(OC)c(OC)c2c1ccc1ccc(Oc3ccccc3)cc12. The van der Waals surface area contributed by atoms with E-state index in [4.69, 9.17) is 14.2 Å². The van der Waals surface area contributed by atoms with E-state index in [0.29, 0.717) is 24.5 Å². The largest absolute Gasteiger partial charge is 0.493 e. The van der Waals surface area contributed by atoms with Gasteiger partial charge in [0.1, 0.15) is 11.5 Å². The predicted octanol–water partition coefficient (Wildman–Crippen LogP) is 5.70. The molecule has 0 aromatic heterocycles. The number of hydrogen-bond acceptors (Lipinski definition) is 5. The summed E-state index contributed by atoms with van der Waals surface area (Å²) in [6, 6.07) is 21.8. The van der Waals surface area contributed by atoms with E-state index in [9.17, 15) is 4.79 Å². The van der Waals surface area contributed by atoms with E-state index in [2.05, 4.69) is 22.2 Å². The van der Waals surface area contributed by atoms with E-state index in [0.717, 1.165) is 38.6 Å². The molecule has 0 aliphatic carbocycles. The van der Waals surface area contributed by atoms with Crippen molar-refractivity contribution in [1.29, 1.82) is 0 Å². The molecule has 32 heavy (non-hydrogen) atoms. The first-order valence-electron chi connectivity index (χ1n) is 10.3. The Hall–Kier alpha value is -3.93. The van der Waals surface area contributed by atoms with Gasteiger partial charge in [0.15, 0.2) is 11.5 Å². The zero-order chi connectivity index (χ0) is 22.5. The van der Waals surface area contributed by atoms with Crippen LogP contribution in [0.5, 0.6) is 23.0 Å². The molecule has 0 heterocycles. The van der Waals surface area contributed by atoms with Crippen molar-refractivity contribution in [2.24, 2.45) is 0 Å². The highest BCUT2D eigenvalue weighted by Gasteiger charge is 2.17. The molecule has 164 valence electrons. The highest BCUT2D eigenvalue weighted by Crippen LogP contribution is 2.43. The first-order valence-corrected chi connectivity index (χ1v) is 10.3. The molecule has 0 spiro atoms. The van der Waals surface area contributed by atoms with Crippen molar-refractivity contribution in [3.8, 4) is 23.0 Å². The van der Waals surface area contributed by atoms with Crippen molar-refractivity contribution in [1.82, 2.24) is 5.32 Å². The van der Waals surface area contributed by atoms with Crippen molar-refractivity contribution < 1.29 is 23.7 Å². The monoisotopic (exact) mass is 431 g/mol. The third-order valence-electron chi connectivity index (χ3n) is 5.35. The molecule has 1 amide bonds. The Morgan fingerprint density at radius 1 is 0.844 bits per heavy atom. The second-order valence-electron chi connectivity index (χ2n) is 7.23.